The Balaban J connectivity index is 1.71. The van der Waals surface area contributed by atoms with Gasteiger partial charge in [0.05, 0.1) is 17.5 Å². The van der Waals surface area contributed by atoms with Crippen LogP contribution in [0.4, 0.5) is 4.79 Å². The largest absolute Gasteiger partial charge is 0.447 e. The number of hydrogen-bond acceptors (Lipinski definition) is 6. The maximum atomic E-state index is 12.4. The van der Waals surface area contributed by atoms with E-state index in [0.29, 0.717) is 24.4 Å². The first-order valence-electron chi connectivity index (χ1n) is 6.82. The Labute approximate surface area is 131 Å². The molecule has 22 heavy (non-hydrogen) atoms. The highest BCUT2D eigenvalue weighted by atomic mass is 32.2. The summed E-state index contributed by atoms with van der Waals surface area (Å²) < 4.78 is 10.1. The van der Waals surface area contributed by atoms with E-state index >= 15 is 0 Å². The smallest absolute Gasteiger partial charge is 0.407 e. The van der Waals surface area contributed by atoms with Crippen LogP contribution in [0.1, 0.15) is 27.8 Å². The second-order valence-electron chi connectivity index (χ2n) is 4.85. The molecule has 1 saturated heterocycles. The molecule has 1 N–H and O–H groups in total. The topological polar surface area (TPSA) is 81.4 Å². The minimum atomic E-state index is -0.430. The van der Waals surface area contributed by atoms with Gasteiger partial charge in [0.15, 0.2) is 0 Å². The third-order valence-electron chi connectivity index (χ3n) is 3.27. The molecular weight excluding hydrogens is 304 g/mol. The van der Waals surface area contributed by atoms with Gasteiger partial charge in [-0.2, -0.15) is 0 Å². The molecule has 6 nitrogen and oxygen atoms in total. The molecule has 2 heterocycles. The van der Waals surface area contributed by atoms with E-state index in [2.05, 4.69) is 10.5 Å². The first kappa shape index (κ1) is 14.6. The summed E-state index contributed by atoms with van der Waals surface area (Å²) in [6.07, 6.45) is 1.64. The van der Waals surface area contributed by atoms with Gasteiger partial charge in [-0.15, -0.1) is 0 Å². The molecule has 0 aliphatic carbocycles. The van der Waals surface area contributed by atoms with Gasteiger partial charge in [0.1, 0.15) is 12.4 Å². The van der Waals surface area contributed by atoms with E-state index in [1.165, 1.54) is 0 Å². The molecule has 1 fully saturated rings. The van der Waals surface area contributed by atoms with Gasteiger partial charge in [0.25, 0.3) is 0 Å². The zero-order chi connectivity index (χ0) is 15.4. The van der Waals surface area contributed by atoms with E-state index in [9.17, 15) is 9.59 Å². The summed E-state index contributed by atoms with van der Waals surface area (Å²) in [7, 11) is 0. The Morgan fingerprint density at radius 1 is 1.36 bits per heavy atom. The van der Waals surface area contributed by atoms with Crippen LogP contribution in [0, 0.1) is 0 Å². The van der Waals surface area contributed by atoms with Crippen LogP contribution in [0.25, 0.3) is 0 Å². The highest BCUT2D eigenvalue weighted by Crippen LogP contribution is 2.35. The van der Waals surface area contributed by atoms with Gasteiger partial charge >= 0.3 is 6.09 Å². The maximum absolute atomic E-state index is 12.4. The lowest BCUT2D eigenvalue weighted by Crippen LogP contribution is -2.27. The van der Waals surface area contributed by atoms with E-state index < -0.39 is 6.09 Å². The average Bonchev–Trinajstić information content (AvgIpc) is 3.19. The van der Waals surface area contributed by atoms with Crippen molar-refractivity contribution in [1.82, 2.24) is 10.5 Å². The SMILES string of the molecule is O=C1N[C@@H](CC(SC(=O)c2ccccc2)c2ccno2)CO1. The van der Waals surface area contributed by atoms with E-state index in [1.807, 2.05) is 18.2 Å². The van der Waals surface area contributed by atoms with Crippen molar-refractivity contribution in [2.45, 2.75) is 17.7 Å². The van der Waals surface area contributed by atoms with Gasteiger partial charge in [0.2, 0.25) is 5.12 Å². The van der Waals surface area contributed by atoms with Crippen LogP contribution in [0.15, 0.2) is 47.1 Å². The van der Waals surface area contributed by atoms with Crippen LogP contribution in [0.5, 0.6) is 0 Å². The standard InChI is InChI=1S/C15H14N2O4S/c18-14(10-4-2-1-3-5-10)22-13(12-6-7-16-21-12)8-11-9-20-15(19)17-11/h1-7,11,13H,8-9H2,(H,17,19)/t11-,13?/m0/s1. The van der Waals surface area contributed by atoms with Gasteiger partial charge in [-0.1, -0.05) is 47.3 Å². The fourth-order valence-electron chi connectivity index (χ4n) is 2.20. The van der Waals surface area contributed by atoms with Gasteiger partial charge in [-0.05, 0) is 6.42 Å². The van der Waals surface area contributed by atoms with Gasteiger partial charge in [0, 0.05) is 11.6 Å². The first-order chi connectivity index (χ1) is 10.7. The van der Waals surface area contributed by atoms with Gasteiger partial charge in [-0.3, -0.25) is 4.79 Å². The lowest BCUT2D eigenvalue weighted by atomic mass is 10.1. The van der Waals surface area contributed by atoms with Crippen molar-refractivity contribution in [2.75, 3.05) is 6.61 Å². The fraction of sp³-hybridized carbons (Fsp3) is 0.267. The summed E-state index contributed by atoms with van der Waals surface area (Å²) in [5, 5.41) is 6.12. The van der Waals surface area contributed by atoms with E-state index in [4.69, 9.17) is 9.26 Å². The summed E-state index contributed by atoms with van der Waals surface area (Å²) in [6, 6.07) is 10.6. The normalized spacial score (nSPS) is 18.5. The van der Waals surface area contributed by atoms with Gasteiger partial charge < -0.3 is 14.6 Å². The van der Waals surface area contributed by atoms with E-state index in [-0.39, 0.29) is 16.4 Å². The number of thioether (sulfide) groups is 1. The molecule has 1 aliphatic rings. The molecule has 0 spiro atoms. The van der Waals surface area contributed by atoms with Crippen molar-refractivity contribution in [3.05, 3.63) is 53.9 Å². The van der Waals surface area contributed by atoms with Crippen molar-refractivity contribution in [3.63, 3.8) is 0 Å². The molecule has 0 bridgehead atoms. The molecule has 1 amide bonds. The number of benzene rings is 1. The third-order valence-corrected chi connectivity index (χ3v) is 4.43. The minimum Gasteiger partial charge on any atom is -0.447 e. The zero-order valence-electron chi connectivity index (χ0n) is 11.6. The summed E-state index contributed by atoms with van der Waals surface area (Å²) in [5.74, 6) is 0.607. The molecule has 1 aromatic heterocycles. The molecule has 7 heteroatoms. The second-order valence-corrected chi connectivity index (χ2v) is 6.03. The Bertz CT molecular complexity index is 645. The highest BCUT2D eigenvalue weighted by molar-refractivity contribution is 8.14. The minimum absolute atomic E-state index is 0.0489. The number of rotatable bonds is 5. The van der Waals surface area contributed by atoms with Crippen LogP contribution >= 0.6 is 11.8 Å². The van der Waals surface area contributed by atoms with Crippen molar-refractivity contribution in [1.29, 1.82) is 0 Å². The molecule has 2 atom stereocenters. The van der Waals surface area contributed by atoms with Gasteiger partial charge in [-0.25, -0.2) is 4.79 Å². The predicted molar refractivity (Wildman–Crippen MR) is 80.5 cm³/mol. The maximum Gasteiger partial charge on any atom is 0.407 e. The number of alkyl carbamates (subject to hydrolysis) is 1. The van der Waals surface area contributed by atoms with Crippen LogP contribution in [-0.2, 0) is 4.74 Å². The summed E-state index contributed by atoms with van der Waals surface area (Å²) in [4.78, 5) is 23.5. The fourth-order valence-corrected chi connectivity index (χ4v) is 3.29. The Morgan fingerprint density at radius 2 is 2.18 bits per heavy atom. The molecule has 114 valence electrons. The Kier molecular flexibility index (Phi) is 4.43. The summed E-state index contributed by atoms with van der Waals surface area (Å²) in [6.45, 7) is 0.295. The molecule has 1 aliphatic heterocycles. The molecule has 1 unspecified atom stereocenters. The van der Waals surface area contributed by atoms with E-state index in [1.54, 1.807) is 24.4 Å². The molecule has 1 aromatic carbocycles. The molecular formula is C15H14N2O4S. The number of hydrogen-bond donors (Lipinski definition) is 1. The molecule has 2 aromatic rings. The Morgan fingerprint density at radius 3 is 2.82 bits per heavy atom. The number of carbonyl (C=O) groups excluding carboxylic acids is 2. The lowest BCUT2D eigenvalue weighted by Gasteiger charge is -2.15. The number of aromatic nitrogens is 1. The summed E-state index contributed by atoms with van der Waals surface area (Å²) >= 11 is 1.16. The number of ether oxygens (including phenoxy) is 1. The average molecular weight is 318 g/mol. The quantitative estimate of drug-likeness (QED) is 0.913. The van der Waals surface area contributed by atoms with Crippen LogP contribution in [0.2, 0.25) is 0 Å². The lowest BCUT2D eigenvalue weighted by molar-refractivity contribution is 0.108. The van der Waals surface area contributed by atoms with Crippen molar-refractivity contribution in [3.8, 4) is 0 Å². The van der Waals surface area contributed by atoms with Crippen LogP contribution < -0.4 is 5.32 Å². The van der Waals surface area contributed by atoms with E-state index in [0.717, 1.165) is 11.8 Å². The molecule has 0 saturated carbocycles. The number of nitrogens with one attached hydrogen (secondary N) is 1. The summed E-state index contributed by atoms with van der Waals surface area (Å²) in [5.41, 5.74) is 0.628. The second kappa shape index (κ2) is 6.65. The highest BCUT2D eigenvalue weighted by Gasteiger charge is 2.29. The van der Waals surface area contributed by atoms with Crippen molar-refractivity contribution >= 4 is 23.0 Å². The van der Waals surface area contributed by atoms with Crippen LogP contribution in [0.3, 0.4) is 0 Å². The molecule has 3 rings (SSSR count). The zero-order valence-corrected chi connectivity index (χ0v) is 12.4. The van der Waals surface area contributed by atoms with Crippen LogP contribution in [-0.4, -0.2) is 29.0 Å². The molecule has 0 radical (unpaired) electrons. The third kappa shape index (κ3) is 3.48. The first-order valence-corrected chi connectivity index (χ1v) is 7.70. The number of cyclic esters (lactones) is 1. The number of amides is 1. The Hall–Kier alpha value is -2.28. The predicted octanol–water partition coefficient (Wildman–Crippen LogP) is 2.79. The van der Waals surface area contributed by atoms with Crippen molar-refractivity contribution in [2.24, 2.45) is 0 Å². The van der Waals surface area contributed by atoms with Crippen molar-refractivity contribution < 1.29 is 18.8 Å². The monoisotopic (exact) mass is 318 g/mol. The number of carbonyl (C=O) groups is 2. The number of nitrogens with zero attached hydrogens (tertiary/aromatic N) is 1.